The van der Waals surface area contributed by atoms with Crippen molar-refractivity contribution in [2.75, 3.05) is 52.1 Å². The van der Waals surface area contributed by atoms with Crippen molar-refractivity contribution in [2.24, 2.45) is 0 Å². The van der Waals surface area contributed by atoms with E-state index in [4.69, 9.17) is 28.8 Å². The van der Waals surface area contributed by atoms with Crippen molar-refractivity contribution < 1.29 is 8.67 Å². The maximum Gasteiger partial charge on any atom is 0.123 e. The molecule has 328 valence electrons. The summed E-state index contributed by atoms with van der Waals surface area (Å²) in [6.45, 7) is 4.00. The fourth-order valence-electron chi connectivity index (χ4n) is 6.84. The molecule has 0 aliphatic heterocycles. The van der Waals surface area contributed by atoms with E-state index in [-0.39, 0.29) is 10.1 Å². The predicted octanol–water partition coefficient (Wildman–Crippen LogP) is 6.87. The number of anilines is 2. The molecule has 0 aliphatic carbocycles. The molecule has 6 heterocycles. The van der Waals surface area contributed by atoms with Crippen LogP contribution in [0.2, 0.25) is 0 Å². The number of halogens is 1. The van der Waals surface area contributed by atoms with Crippen LogP contribution < -0.4 is 31.5 Å². The van der Waals surface area contributed by atoms with Gasteiger partial charge in [0.05, 0.1) is 51.8 Å². The van der Waals surface area contributed by atoms with Gasteiger partial charge in [-0.1, -0.05) is 84.8 Å². The second-order valence-corrected chi connectivity index (χ2v) is 14.8. The molecule has 0 aliphatic rings. The number of nitrogens with one attached hydrogen (secondary N) is 1. The number of aromatic nitrogens is 6. The van der Waals surface area contributed by atoms with E-state index >= 15 is 0 Å². The number of fused-ring (bicyclic) bond motifs is 3. The summed E-state index contributed by atoms with van der Waals surface area (Å²) in [6.07, 6.45) is 9.69. The third-order valence-corrected chi connectivity index (χ3v) is 9.80. The predicted molar refractivity (Wildman–Crippen MR) is 273 cm³/mol. The molecule has 3 aromatic carbocycles. The first-order valence-corrected chi connectivity index (χ1v) is 20.7. The van der Waals surface area contributed by atoms with Crippen LogP contribution in [0.15, 0.2) is 128 Å². The number of rotatable bonds is 5. The van der Waals surface area contributed by atoms with Crippen LogP contribution in [0.3, 0.4) is 0 Å². The maximum absolute atomic E-state index is 13.0. The molecule has 6 aromatic heterocycles. The fourth-order valence-corrected chi connectivity index (χ4v) is 6.84. The Morgan fingerprint density at radius 1 is 0.515 bits per heavy atom. The van der Waals surface area contributed by atoms with E-state index in [1.54, 1.807) is 62.7 Å². The van der Waals surface area contributed by atoms with Gasteiger partial charge in [-0.05, 0) is 67.2 Å². The molecule has 1 N–H and O–H groups in total. The highest BCUT2D eigenvalue weighted by Gasteiger charge is 2.14. The minimum Gasteiger partial charge on any atom is -0.378 e. The molecule has 9 aromatic rings. The molecule has 66 heavy (non-hydrogen) atoms. The average Bonchev–Trinajstić information content (AvgIpc) is 4.06. The molecule has 0 fully saturated rings. The van der Waals surface area contributed by atoms with Gasteiger partial charge in [0.15, 0.2) is 0 Å². The molecule has 0 unspecified atom stereocenters. The van der Waals surface area contributed by atoms with Crippen molar-refractivity contribution in [1.82, 2.24) is 34.2 Å². The highest BCUT2D eigenvalue weighted by molar-refractivity contribution is 6.33. The normalized spacial score (nSPS) is 10.1. The SMILES string of the molecule is CC.CNC.[2HH].[2HH].[2HH].[B]c1cc(-c2ccc(F)cc2)c2c(C#N)cnn2c1.[B]c1cc(-c2ccc(N(C)C)cc2)c2c(C#N)cnn2c1.[B]c1cc(-c2ccc(N(C)C)cc2)c2c(C#N)cnn2c1. The molecule has 9 rings (SSSR count). The lowest BCUT2D eigenvalue weighted by Crippen LogP contribution is -2.09. The summed E-state index contributed by atoms with van der Waals surface area (Å²) in [6, 6.07) is 34.3. The van der Waals surface area contributed by atoms with Crippen LogP contribution in [-0.2, 0) is 0 Å². The monoisotopic (exact) mass is 875 g/mol. The van der Waals surface area contributed by atoms with Crippen LogP contribution >= 0.6 is 0 Å². The Morgan fingerprint density at radius 2 is 0.773 bits per heavy atom. The van der Waals surface area contributed by atoms with Gasteiger partial charge in [-0.25, -0.2) is 17.9 Å². The van der Waals surface area contributed by atoms with Gasteiger partial charge >= 0.3 is 0 Å². The van der Waals surface area contributed by atoms with Gasteiger partial charge in [0, 0.05) is 79.1 Å². The minimum atomic E-state index is -0.308. The molecule has 0 saturated heterocycles. The molecule has 6 radical (unpaired) electrons. The Hall–Kier alpha value is -8.12. The molecule has 0 atom stereocenters. The second-order valence-electron chi connectivity index (χ2n) is 14.8. The summed E-state index contributed by atoms with van der Waals surface area (Å²) in [5, 5.41) is 42.8. The highest BCUT2D eigenvalue weighted by atomic mass is 19.1. The third kappa shape index (κ3) is 11.1. The highest BCUT2D eigenvalue weighted by Crippen LogP contribution is 2.30. The molecule has 0 bridgehead atoms. The lowest BCUT2D eigenvalue weighted by Gasteiger charge is -2.13. The quantitative estimate of drug-likeness (QED) is 0.184. The second kappa shape index (κ2) is 22.5. The summed E-state index contributed by atoms with van der Waals surface area (Å²) < 4.78 is 17.9. The number of nitrogens with zero attached hydrogens (tertiary/aromatic N) is 11. The molecule has 16 heteroatoms. The van der Waals surface area contributed by atoms with Crippen molar-refractivity contribution in [3.8, 4) is 51.6 Å². The first-order chi connectivity index (χ1) is 31.8. The van der Waals surface area contributed by atoms with Crippen molar-refractivity contribution in [1.29, 1.82) is 15.8 Å². The number of hydrogen-bond acceptors (Lipinski definition) is 9. The lowest BCUT2D eigenvalue weighted by atomic mass is 9.93. The lowest BCUT2D eigenvalue weighted by molar-refractivity contribution is 0.628. The fraction of sp³-hybridized carbons (Fsp3) is 0.160. The zero-order valence-electron chi connectivity index (χ0n) is 38.2. The van der Waals surface area contributed by atoms with Gasteiger partial charge in [0.2, 0.25) is 0 Å². The summed E-state index contributed by atoms with van der Waals surface area (Å²) in [7, 11) is 29.4. The Kier molecular flexibility index (Phi) is 16.7. The number of benzene rings is 3. The van der Waals surface area contributed by atoms with Crippen LogP contribution in [-0.4, -0.2) is 94.7 Å². The largest absolute Gasteiger partial charge is 0.378 e. The Balaban J connectivity index is 0.000000332. The van der Waals surface area contributed by atoms with Gasteiger partial charge < -0.3 is 15.1 Å². The van der Waals surface area contributed by atoms with Gasteiger partial charge in [-0.15, -0.1) is 0 Å². The molecular weight excluding hydrogens is 820 g/mol. The molecular formula is C50H52B3FN12. The van der Waals surface area contributed by atoms with Gasteiger partial charge in [-0.3, -0.25) is 0 Å². The summed E-state index contributed by atoms with van der Waals surface area (Å²) in [5.41, 5.74) is 13.2. The van der Waals surface area contributed by atoms with Crippen molar-refractivity contribution in [2.45, 2.75) is 13.8 Å². The van der Waals surface area contributed by atoms with Crippen molar-refractivity contribution >= 4 is 67.9 Å². The van der Waals surface area contributed by atoms with Gasteiger partial charge in [0.25, 0.3) is 0 Å². The van der Waals surface area contributed by atoms with Crippen LogP contribution in [0.4, 0.5) is 15.8 Å². The number of nitriles is 3. The van der Waals surface area contributed by atoms with E-state index in [0.29, 0.717) is 38.6 Å². The summed E-state index contributed by atoms with van der Waals surface area (Å²) in [4.78, 5) is 4.08. The third-order valence-electron chi connectivity index (χ3n) is 9.80. The molecule has 0 saturated carbocycles. The number of hydrogen-bond donors (Lipinski definition) is 1. The zero-order valence-corrected chi connectivity index (χ0v) is 38.2. The van der Waals surface area contributed by atoms with Crippen LogP contribution in [0.25, 0.3) is 49.9 Å². The van der Waals surface area contributed by atoms with E-state index in [2.05, 4.69) is 38.8 Å². The first kappa shape index (κ1) is 48.9. The van der Waals surface area contributed by atoms with E-state index < -0.39 is 0 Å². The smallest absolute Gasteiger partial charge is 0.123 e. The standard InChI is InChI=1S/2C16H13BN4.C14H7BFN3.C2H7N.C2H6.3H2/c2*1-20(2)14-5-3-11(4-6-14)15-7-13(17)10-21-16(15)12(8-18)9-19-21;15-11-5-13(9-1-3-12(16)4-2-9)14-10(6-17)7-18-19(14)8-11;1-3-2;1-2;;;/h2*3-7,9-10H,1-2H3;1-5,7-8H;3H,1-2H3;1-2H3;3*1H/i;;;;;3*1+1. The molecule has 0 spiro atoms. The summed E-state index contributed by atoms with van der Waals surface area (Å²) >= 11 is 0. The van der Waals surface area contributed by atoms with Crippen molar-refractivity contribution in [3.05, 3.63) is 151 Å². The van der Waals surface area contributed by atoms with Crippen LogP contribution in [0.1, 0.15) is 34.8 Å². The topological polar surface area (TPSA) is 142 Å². The van der Waals surface area contributed by atoms with Crippen LogP contribution in [0, 0.1) is 39.8 Å². The van der Waals surface area contributed by atoms with E-state index in [1.807, 2.05) is 127 Å². The molecule has 0 amide bonds. The minimum absolute atomic E-state index is 0. The van der Waals surface area contributed by atoms with Gasteiger partial charge in [-0.2, -0.15) is 31.1 Å². The molecule has 12 nitrogen and oxygen atoms in total. The van der Waals surface area contributed by atoms with Gasteiger partial charge in [0.1, 0.15) is 47.6 Å². The Morgan fingerprint density at radius 3 is 1.02 bits per heavy atom. The van der Waals surface area contributed by atoms with E-state index in [0.717, 1.165) is 55.8 Å². The zero-order chi connectivity index (χ0) is 48.1. The Labute approximate surface area is 393 Å². The van der Waals surface area contributed by atoms with E-state index in [9.17, 15) is 14.9 Å². The number of pyridine rings is 3. The average molecular weight is 876 g/mol. The maximum atomic E-state index is 13.0. The summed E-state index contributed by atoms with van der Waals surface area (Å²) in [5.74, 6) is -0.308. The van der Waals surface area contributed by atoms with E-state index in [1.165, 1.54) is 18.3 Å². The van der Waals surface area contributed by atoms with Crippen LogP contribution in [0.5, 0.6) is 0 Å². The first-order valence-electron chi connectivity index (χ1n) is 20.7. The Bertz CT molecular complexity index is 3060. The van der Waals surface area contributed by atoms with Crippen molar-refractivity contribution in [3.63, 3.8) is 0 Å².